The summed E-state index contributed by atoms with van der Waals surface area (Å²) >= 11 is 0. The van der Waals surface area contributed by atoms with Crippen LogP contribution in [0.15, 0.2) is 30.3 Å². The minimum Gasteiger partial charge on any atom is -0.378 e. The Morgan fingerprint density at radius 3 is 2.67 bits per heavy atom. The molecule has 1 saturated heterocycles. The number of ether oxygens (including phenoxy) is 1. The Balaban J connectivity index is 2.08. The molecule has 100 valence electrons. The summed E-state index contributed by atoms with van der Waals surface area (Å²) < 4.78 is 5.58. The molecule has 1 aliphatic rings. The Bertz CT molecular complexity index is 364. The number of nitrogens with two attached hydrogens (primary N) is 1. The molecule has 1 heterocycles. The molecule has 3 nitrogen and oxygen atoms in total. The smallest absolute Gasteiger partial charge is 0.0645 e. The summed E-state index contributed by atoms with van der Waals surface area (Å²) in [5.74, 6) is 0. The van der Waals surface area contributed by atoms with E-state index in [1.165, 1.54) is 5.56 Å². The van der Waals surface area contributed by atoms with Gasteiger partial charge in [0.1, 0.15) is 0 Å². The van der Waals surface area contributed by atoms with E-state index in [0.717, 1.165) is 26.2 Å². The Kier molecular flexibility index (Phi) is 4.38. The predicted molar refractivity (Wildman–Crippen MR) is 74.6 cm³/mol. The number of morpholine rings is 1. The highest BCUT2D eigenvalue weighted by Gasteiger charge is 2.34. The first kappa shape index (κ1) is 13.5. The van der Waals surface area contributed by atoms with Gasteiger partial charge in [-0.25, -0.2) is 0 Å². The molecule has 0 aliphatic carbocycles. The molecule has 18 heavy (non-hydrogen) atoms. The third-order valence-corrected chi connectivity index (χ3v) is 3.74. The van der Waals surface area contributed by atoms with Gasteiger partial charge in [-0.15, -0.1) is 0 Å². The summed E-state index contributed by atoms with van der Waals surface area (Å²) in [5.41, 5.74) is 7.43. The number of hydrogen-bond acceptors (Lipinski definition) is 3. The van der Waals surface area contributed by atoms with Crippen LogP contribution in [0.3, 0.4) is 0 Å². The SMILES string of the molecule is CC1(C)COCCN1C(CN)Cc1ccccc1. The van der Waals surface area contributed by atoms with E-state index in [1.807, 2.05) is 0 Å². The van der Waals surface area contributed by atoms with E-state index in [-0.39, 0.29) is 5.54 Å². The van der Waals surface area contributed by atoms with Crippen molar-refractivity contribution >= 4 is 0 Å². The Hall–Kier alpha value is -0.900. The highest BCUT2D eigenvalue weighted by atomic mass is 16.5. The van der Waals surface area contributed by atoms with Crippen LogP contribution in [0.2, 0.25) is 0 Å². The van der Waals surface area contributed by atoms with Crippen molar-refractivity contribution in [2.24, 2.45) is 5.73 Å². The zero-order valence-electron chi connectivity index (χ0n) is 11.4. The highest BCUT2D eigenvalue weighted by molar-refractivity contribution is 5.16. The fraction of sp³-hybridized carbons (Fsp3) is 0.600. The maximum absolute atomic E-state index is 5.99. The van der Waals surface area contributed by atoms with Crippen molar-refractivity contribution in [3.05, 3.63) is 35.9 Å². The lowest BCUT2D eigenvalue weighted by Crippen LogP contribution is -2.59. The third kappa shape index (κ3) is 3.10. The van der Waals surface area contributed by atoms with E-state index in [2.05, 4.69) is 49.1 Å². The largest absolute Gasteiger partial charge is 0.378 e. The standard InChI is InChI=1S/C15H24N2O/c1-15(2)12-18-9-8-17(15)14(11-16)10-13-6-4-3-5-7-13/h3-7,14H,8-12,16H2,1-2H3. The molecular weight excluding hydrogens is 224 g/mol. The van der Waals surface area contributed by atoms with Crippen LogP contribution in [0.4, 0.5) is 0 Å². The van der Waals surface area contributed by atoms with Crippen LogP contribution in [0.5, 0.6) is 0 Å². The zero-order valence-corrected chi connectivity index (χ0v) is 11.4. The van der Waals surface area contributed by atoms with Gasteiger partial charge < -0.3 is 10.5 Å². The van der Waals surface area contributed by atoms with Gasteiger partial charge in [0.2, 0.25) is 0 Å². The predicted octanol–water partition coefficient (Wildman–Crippen LogP) is 1.67. The lowest BCUT2D eigenvalue weighted by atomic mass is 9.96. The Morgan fingerprint density at radius 2 is 2.06 bits per heavy atom. The van der Waals surface area contributed by atoms with Gasteiger partial charge in [-0.3, -0.25) is 4.90 Å². The summed E-state index contributed by atoms with van der Waals surface area (Å²) in [6.07, 6.45) is 1.01. The fourth-order valence-corrected chi connectivity index (χ4v) is 2.75. The van der Waals surface area contributed by atoms with Gasteiger partial charge >= 0.3 is 0 Å². The molecule has 2 rings (SSSR count). The lowest BCUT2D eigenvalue weighted by Gasteiger charge is -2.46. The third-order valence-electron chi connectivity index (χ3n) is 3.74. The summed E-state index contributed by atoms with van der Waals surface area (Å²) in [7, 11) is 0. The Morgan fingerprint density at radius 1 is 1.33 bits per heavy atom. The second-order valence-corrected chi connectivity index (χ2v) is 5.64. The second kappa shape index (κ2) is 5.83. The minimum atomic E-state index is 0.0804. The molecule has 1 atom stereocenters. The molecular formula is C15H24N2O. The average Bonchev–Trinajstić information content (AvgIpc) is 2.37. The summed E-state index contributed by atoms with van der Waals surface area (Å²) in [4.78, 5) is 2.50. The number of nitrogens with zero attached hydrogens (tertiary/aromatic N) is 1. The van der Waals surface area contributed by atoms with Crippen LogP contribution in [0, 0.1) is 0 Å². The van der Waals surface area contributed by atoms with Gasteiger partial charge in [-0.05, 0) is 25.8 Å². The van der Waals surface area contributed by atoms with Crippen LogP contribution in [0.1, 0.15) is 19.4 Å². The van der Waals surface area contributed by atoms with Gasteiger partial charge in [0.15, 0.2) is 0 Å². The van der Waals surface area contributed by atoms with Gasteiger partial charge in [-0.2, -0.15) is 0 Å². The van der Waals surface area contributed by atoms with E-state index in [1.54, 1.807) is 0 Å². The number of rotatable bonds is 4. The molecule has 0 saturated carbocycles. The van der Waals surface area contributed by atoms with E-state index in [0.29, 0.717) is 12.6 Å². The summed E-state index contributed by atoms with van der Waals surface area (Å²) in [6.45, 7) is 7.74. The van der Waals surface area contributed by atoms with Crippen molar-refractivity contribution in [1.29, 1.82) is 0 Å². The first-order valence-electron chi connectivity index (χ1n) is 6.72. The van der Waals surface area contributed by atoms with Crippen LogP contribution in [-0.2, 0) is 11.2 Å². The lowest BCUT2D eigenvalue weighted by molar-refractivity contribution is -0.0701. The van der Waals surface area contributed by atoms with Crippen LogP contribution in [0.25, 0.3) is 0 Å². The van der Waals surface area contributed by atoms with Crippen LogP contribution < -0.4 is 5.73 Å². The maximum Gasteiger partial charge on any atom is 0.0645 e. The van der Waals surface area contributed by atoms with Crippen molar-refractivity contribution in [3.8, 4) is 0 Å². The van der Waals surface area contributed by atoms with Crippen LogP contribution >= 0.6 is 0 Å². The van der Waals surface area contributed by atoms with Crippen molar-refractivity contribution in [2.45, 2.75) is 31.8 Å². The number of hydrogen-bond donors (Lipinski definition) is 1. The van der Waals surface area contributed by atoms with Crippen LogP contribution in [-0.4, -0.2) is 42.8 Å². The van der Waals surface area contributed by atoms with Crippen molar-refractivity contribution in [2.75, 3.05) is 26.3 Å². The van der Waals surface area contributed by atoms with E-state index in [9.17, 15) is 0 Å². The molecule has 2 N–H and O–H groups in total. The van der Waals surface area contributed by atoms with E-state index < -0.39 is 0 Å². The molecule has 1 aliphatic heterocycles. The van der Waals surface area contributed by atoms with Gasteiger partial charge in [0.05, 0.1) is 13.2 Å². The second-order valence-electron chi connectivity index (χ2n) is 5.64. The molecule has 0 radical (unpaired) electrons. The molecule has 1 unspecified atom stereocenters. The summed E-state index contributed by atoms with van der Waals surface area (Å²) in [6, 6.07) is 11.0. The van der Waals surface area contributed by atoms with E-state index >= 15 is 0 Å². The van der Waals surface area contributed by atoms with Crippen molar-refractivity contribution in [3.63, 3.8) is 0 Å². The molecule has 1 aromatic rings. The maximum atomic E-state index is 5.99. The normalized spacial score (nSPS) is 21.7. The quantitative estimate of drug-likeness (QED) is 0.881. The minimum absolute atomic E-state index is 0.0804. The van der Waals surface area contributed by atoms with Gasteiger partial charge in [-0.1, -0.05) is 30.3 Å². The first-order valence-corrected chi connectivity index (χ1v) is 6.72. The monoisotopic (exact) mass is 248 g/mol. The average molecular weight is 248 g/mol. The van der Waals surface area contributed by atoms with Crippen molar-refractivity contribution in [1.82, 2.24) is 4.90 Å². The van der Waals surface area contributed by atoms with Gasteiger partial charge in [0, 0.05) is 24.7 Å². The number of benzene rings is 1. The van der Waals surface area contributed by atoms with Gasteiger partial charge in [0.25, 0.3) is 0 Å². The summed E-state index contributed by atoms with van der Waals surface area (Å²) in [5, 5.41) is 0. The first-order chi connectivity index (χ1) is 8.63. The molecule has 3 heteroatoms. The van der Waals surface area contributed by atoms with E-state index in [4.69, 9.17) is 10.5 Å². The zero-order chi connectivity index (χ0) is 13.0. The molecule has 0 spiro atoms. The molecule has 0 amide bonds. The highest BCUT2D eigenvalue weighted by Crippen LogP contribution is 2.23. The van der Waals surface area contributed by atoms with Crippen molar-refractivity contribution < 1.29 is 4.74 Å². The fourth-order valence-electron chi connectivity index (χ4n) is 2.75. The molecule has 1 fully saturated rings. The molecule has 1 aromatic carbocycles. The Labute approximate surface area is 110 Å². The molecule has 0 bridgehead atoms. The molecule has 0 aromatic heterocycles. The topological polar surface area (TPSA) is 38.5 Å².